The van der Waals surface area contributed by atoms with Crippen LogP contribution in [0.4, 0.5) is 0 Å². The summed E-state index contributed by atoms with van der Waals surface area (Å²) in [6.07, 6.45) is 3.57. The van der Waals surface area contributed by atoms with E-state index in [1.54, 1.807) is 16.3 Å². The molecule has 5 rings (SSSR count). The van der Waals surface area contributed by atoms with Crippen LogP contribution in [-0.2, 0) is 17.3 Å². The zero-order chi connectivity index (χ0) is 24.6. The van der Waals surface area contributed by atoms with Crippen LogP contribution in [0.15, 0.2) is 60.2 Å². The average Bonchev–Trinajstić information content (AvgIpc) is 3.28. The summed E-state index contributed by atoms with van der Waals surface area (Å²) >= 11 is 0. The molecule has 0 saturated heterocycles. The van der Waals surface area contributed by atoms with Crippen LogP contribution in [0.25, 0.3) is 17.2 Å². The van der Waals surface area contributed by atoms with Gasteiger partial charge in [-0.25, -0.2) is 0 Å². The van der Waals surface area contributed by atoms with Gasteiger partial charge >= 0.3 is 0 Å². The van der Waals surface area contributed by atoms with E-state index >= 15 is 0 Å². The van der Waals surface area contributed by atoms with Crippen LogP contribution in [0.5, 0.6) is 0 Å². The molecule has 0 aliphatic heterocycles. The predicted molar refractivity (Wildman–Crippen MR) is 152 cm³/mol. The summed E-state index contributed by atoms with van der Waals surface area (Å²) in [7, 11) is -1.91. The first-order valence-electron chi connectivity index (χ1n) is 12.9. The van der Waals surface area contributed by atoms with Crippen molar-refractivity contribution in [3.8, 4) is 11.1 Å². The molecular formula is C33H40Si. The fourth-order valence-electron chi connectivity index (χ4n) is 6.21. The molecule has 0 saturated carbocycles. The van der Waals surface area contributed by atoms with Crippen LogP contribution in [0.3, 0.4) is 0 Å². The van der Waals surface area contributed by atoms with Crippen LogP contribution in [0.2, 0.25) is 13.1 Å². The number of hydrogen-bond acceptors (Lipinski definition) is 0. The molecule has 0 N–H and O–H groups in total. The molecular weight excluding hydrogens is 424 g/mol. The lowest BCUT2D eigenvalue weighted by Crippen LogP contribution is -2.49. The molecule has 0 nitrogen and oxygen atoms in total. The van der Waals surface area contributed by atoms with Gasteiger partial charge in [0.2, 0.25) is 0 Å². The van der Waals surface area contributed by atoms with Crippen molar-refractivity contribution in [3.05, 3.63) is 93.6 Å². The first-order chi connectivity index (χ1) is 15.8. The Balaban J connectivity index is 1.75. The summed E-state index contributed by atoms with van der Waals surface area (Å²) in [5, 5.41) is 1.62. The van der Waals surface area contributed by atoms with E-state index < -0.39 is 8.07 Å². The Kier molecular flexibility index (Phi) is 5.19. The van der Waals surface area contributed by atoms with Gasteiger partial charge in [0.15, 0.2) is 0 Å². The Bertz CT molecular complexity index is 1260. The summed E-state index contributed by atoms with van der Waals surface area (Å²) in [5.74, 6) is 0. The quantitative estimate of drug-likeness (QED) is 0.333. The fourth-order valence-corrected chi connectivity index (χ4v) is 10.0. The molecule has 3 aromatic carbocycles. The van der Waals surface area contributed by atoms with Gasteiger partial charge in [-0.15, -0.1) is 0 Å². The van der Waals surface area contributed by atoms with Crippen molar-refractivity contribution in [1.82, 2.24) is 0 Å². The highest BCUT2D eigenvalue weighted by Gasteiger charge is 2.44. The van der Waals surface area contributed by atoms with E-state index in [9.17, 15) is 0 Å². The molecule has 2 aliphatic carbocycles. The Morgan fingerprint density at radius 2 is 1.26 bits per heavy atom. The maximum absolute atomic E-state index is 2.60. The molecule has 0 heterocycles. The number of benzene rings is 3. The Morgan fingerprint density at radius 1 is 0.735 bits per heavy atom. The molecule has 0 bridgehead atoms. The first kappa shape index (κ1) is 23.4. The number of rotatable bonds is 2. The second-order valence-electron chi connectivity index (χ2n) is 13.3. The van der Waals surface area contributed by atoms with E-state index in [0.717, 1.165) is 6.42 Å². The monoisotopic (exact) mass is 464 g/mol. The van der Waals surface area contributed by atoms with Gasteiger partial charge in [0.1, 0.15) is 0 Å². The Hall–Kier alpha value is -2.38. The molecule has 34 heavy (non-hydrogen) atoms. The molecule has 3 aromatic rings. The van der Waals surface area contributed by atoms with E-state index in [1.807, 2.05) is 0 Å². The van der Waals surface area contributed by atoms with Crippen LogP contribution >= 0.6 is 0 Å². The van der Waals surface area contributed by atoms with E-state index in [2.05, 4.69) is 122 Å². The Labute approximate surface area is 208 Å². The standard InChI is InChI=1S/C33H40Si/c1-21-17-22-11-10-12-30(27(22)18-21)34(8,9)31-25-15-13-23(32(2,3)4)19-28(25)29-20-24(33(5,6)7)14-16-26(29)31/h10-16,18-20,31H,17H2,1-9H3. The highest BCUT2D eigenvalue weighted by atomic mass is 28.3. The van der Waals surface area contributed by atoms with Gasteiger partial charge in [-0.3, -0.25) is 0 Å². The van der Waals surface area contributed by atoms with E-state index in [4.69, 9.17) is 0 Å². The summed E-state index contributed by atoms with van der Waals surface area (Å²) in [4.78, 5) is 0. The molecule has 0 unspecified atom stereocenters. The fraction of sp³-hybridized carbons (Fsp3) is 0.394. The minimum absolute atomic E-state index is 0.143. The molecule has 2 aliphatic rings. The topological polar surface area (TPSA) is 0 Å². The van der Waals surface area contributed by atoms with Crippen molar-refractivity contribution in [1.29, 1.82) is 0 Å². The van der Waals surface area contributed by atoms with Gasteiger partial charge in [-0.05, 0) is 68.7 Å². The number of fused-ring (bicyclic) bond motifs is 4. The van der Waals surface area contributed by atoms with Crippen molar-refractivity contribution < 1.29 is 0 Å². The second kappa shape index (κ2) is 7.56. The third kappa shape index (κ3) is 3.64. The van der Waals surface area contributed by atoms with Crippen molar-refractivity contribution in [2.24, 2.45) is 0 Å². The summed E-state index contributed by atoms with van der Waals surface area (Å²) in [6.45, 7) is 21.4. The Morgan fingerprint density at radius 3 is 1.76 bits per heavy atom. The number of allylic oxidation sites excluding steroid dienone is 1. The SMILES string of the molecule is CC1=Cc2c(cccc2[Si](C)(C)C2c3ccc(C(C)(C)C)cc3-c3cc(C(C)(C)C)ccc32)C1. The third-order valence-electron chi connectivity index (χ3n) is 8.22. The maximum Gasteiger partial charge on any atom is 0.0935 e. The molecule has 1 heteroatoms. The van der Waals surface area contributed by atoms with Crippen molar-refractivity contribution in [2.45, 2.75) is 84.4 Å². The van der Waals surface area contributed by atoms with Gasteiger partial charge in [-0.1, -0.05) is 126 Å². The van der Waals surface area contributed by atoms with Gasteiger partial charge in [0.25, 0.3) is 0 Å². The molecule has 0 radical (unpaired) electrons. The predicted octanol–water partition coefficient (Wildman–Crippen LogP) is 8.51. The van der Waals surface area contributed by atoms with E-state index in [0.29, 0.717) is 5.54 Å². The minimum Gasteiger partial charge on any atom is -0.0683 e. The highest BCUT2D eigenvalue weighted by Crippen LogP contribution is 2.51. The lowest BCUT2D eigenvalue weighted by molar-refractivity contribution is 0.589. The van der Waals surface area contributed by atoms with Crippen molar-refractivity contribution in [3.63, 3.8) is 0 Å². The van der Waals surface area contributed by atoms with Crippen LogP contribution in [-0.4, -0.2) is 8.07 Å². The summed E-state index contributed by atoms with van der Waals surface area (Å²) in [5.41, 5.74) is 14.2. The lowest BCUT2D eigenvalue weighted by atomic mass is 9.83. The van der Waals surface area contributed by atoms with Crippen LogP contribution in [0.1, 0.15) is 87.4 Å². The molecule has 176 valence electrons. The zero-order valence-electron chi connectivity index (χ0n) is 22.6. The summed E-state index contributed by atoms with van der Waals surface area (Å²) < 4.78 is 0. The normalized spacial score (nSPS) is 15.7. The largest absolute Gasteiger partial charge is 0.0935 e. The molecule has 0 aromatic heterocycles. The van der Waals surface area contributed by atoms with Crippen molar-refractivity contribution in [2.75, 3.05) is 0 Å². The highest BCUT2D eigenvalue weighted by molar-refractivity contribution is 6.92. The van der Waals surface area contributed by atoms with E-state index in [-0.39, 0.29) is 10.8 Å². The maximum atomic E-state index is 2.60. The van der Waals surface area contributed by atoms with Crippen LogP contribution in [0, 0.1) is 0 Å². The second-order valence-corrected chi connectivity index (χ2v) is 17.9. The smallest absolute Gasteiger partial charge is 0.0683 e. The minimum atomic E-state index is -1.91. The summed E-state index contributed by atoms with van der Waals surface area (Å²) in [6, 6.07) is 21.8. The van der Waals surface area contributed by atoms with Gasteiger partial charge in [0, 0.05) is 5.54 Å². The lowest BCUT2D eigenvalue weighted by Gasteiger charge is -2.34. The molecule has 0 amide bonds. The van der Waals surface area contributed by atoms with Gasteiger partial charge < -0.3 is 0 Å². The first-order valence-corrected chi connectivity index (χ1v) is 15.9. The van der Waals surface area contributed by atoms with Gasteiger partial charge in [0.05, 0.1) is 8.07 Å². The molecule has 0 atom stereocenters. The average molecular weight is 465 g/mol. The van der Waals surface area contributed by atoms with Gasteiger partial charge in [-0.2, -0.15) is 0 Å². The zero-order valence-corrected chi connectivity index (χ0v) is 23.6. The third-order valence-corrected chi connectivity index (χ3v) is 12.1. The number of hydrogen-bond donors (Lipinski definition) is 0. The van der Waals surface area contributed by atoms with Crippen LogP contribution < -0.4 is 5.19 Å². The van der Waals surface area contributed by atoms with E-state index in [1.165, 1.54) is 39.0 Å². The molecule has 0 fully saturated rings. The molecule has 0 spiro atoms. The van der Waals surface area contributed by atoms with Crippen molar-refractivity contribution >= 4 is 19.3 Å².